The molecule has 23 aromatic heterocycles. The lowest BCUT2D eigenvalue weighted by molar-refractivity contribution is 0.307. The lowest BCUT2D eigenvalue weighted by Gasteiger charge is -1.70. The number of tetrazole rings is 1. The van der Waals surface area contributed by atoms with Crippen LogP contribution >= 0.6 is 80.3 Å². The summed E-state index contributed by atoms with van der Waals surface area (Å²) in [6.45, 7) is 0. The molecule has 0 unspecified atom stereocenters. The number of oxazole rings is 1. The van der Waals surface area contributed by atoms with Gasteiger partial charge in [0.1, 0.15) is 85.9 Å². The molecule has 0 radical (unpaired) electrons. The van der Waals surface area contributed by atoms with Crippen LogP contribution < -0.4 is 0 Å². The van der Waals surface area contributed by atoms with Crippen LogP contribution in [-0.2, 0) is 0 Å². The van der Waals surface area contributed by atoms with Crippen LogP contribution in [0.5, 0.6) is 0 Å². The second-order valence-corrected chi connectivity index (χ2v) is 22.3. The van der Waals surface area contributed by atoms with Crippen LogP contribution in [0.15, 0.2) is 465 Å². The number of nitrogens with zero attached hydrogens (tertiary/aromatic N) is 41. The third-order valence-electron chi connectivity index (χ3n) is 8.99. The minimum Gasteiger partial charge on any atom is -0.473 e. The van der Waals surface area contributed by atoms with E-state index in [1.807, 2.05) is 124 Å². The van der Waals surface area contributed by atoms with Crippen LogP contribution in [0, 0.1) is 0 Å². The number of hydrogen-bond acceptors (Lipinski definition) is 55. The number of H-pyrrole nitrogens is 2. The van der Waals surface area contributed by atoms with Crippen LogP contribution in [0.1, 0.15) is 14.9 Å². The first-order chi connectivity index (χ1) is 64.0. The molecule has 0 bridgehead atoms. The number of thiazole rings is 1. The van der Waals surface area contributed by atoms with Gasteiger partial charge in [0.15, 0.2) is 19.0 Å². The fourth-order valence-electron chi connectivity index (χ4n) is 4.61. The molecule has 0 saturated heterocycles. The summed E-state index contributed by atoms with van der Waals surface area (Å²) in [5.41, 5.74) is 6.83. The Morgan fingerprint density at radius 2 is 0.885 bits per heavy atom. The van der Waals surface area contributed by atoms with Crippen molar-refractivity contribution in [1.82, 2.24) is 215 Å². The van der Waals surface area contributed by atoms with Crippen molar-refractivity contribution < 1.29 is 31.4 Å². The van der Waals surface area contributed by atoms with Crippen LogP contribution in [0.3, 0.4) is 0 Å². The zero-order valence-corrected chi connectivity index (χ0v) is 71.8. The van der Waals surface area contributed by atoms with E-state index in [4.69, 9.17) is 0 Å². The van der Waals surface area contributed by atoms with Gasteiger partial charge in [-0.25, -0.2) is 58.8 Å². The molecule has 0 atom stereocenters. The monoisotopic (exact) mass is 1900 g/mol. The van der Waals surface area contributed by atoms with Crippen LogP contribution in [0.2, 0.25) is 0 Å². The number of rotatable bonds is 0. The molecule has 23 heterocycles. The van der Waals surface area contributed by atoms with Gasteiger partial charge in [-0.3, -0.25) is 25.0 Å². The minimum atomic E-state index is 0. The van der Waals surface area contributed by atoms with Gasteiger partial charge < -0.3 is 26.8 Å². The molecule has 130 heavy (non-hydrogen) atoms. The Balaban J connectivity index is 0. The Bertz CT molecular complexity index is 3530. The molecule has 0 amide bonds. The minimum absolute atomic E-state index is 0. The van der Waals surface area contributed by atoms with Gasteiger partial charge in [0.05, 0.1) is 97.9 Å². The maximum atomic E-state index is 4.58. The van der Waals surface area contributed by atoms with Gasteiger partial charge in [-0.1, -0.05) is 99.8 Å². The maximum Gasteiger partial charge on any atom is 0.213 e. The quantitative estimate of drug-likeness (QED) is 0.142. The van der Waals surface area contributed by atoms with Gasteiger partial charge in [-0.15, -0.1) is 78.8 Å². The number of aromatic nitrogens is 43. The maximum absolute atomic E-state index is 4.58. The Morgan fingerprint density at radius 3 is 1.07 bits per heavy atom. The zero-order chi connectivity index (χ0) is 90.5. The largest absolute Gasteiger partial charge is 0.473 e. The summed E-state index contributed by atoms with van der Waals surface area (Å²) in [7, 11) is 0. The van der Waals surface area contributed by atoms with Crippen LogP contribution in [0.4, 0.5) is 0 Å². The highest BCUT2D eigenvalue weighted by Crippen LogP contribution is 1.92. The smallest absolute Gasteiger partial charge is 0.213 e. The molecule has 50 nitrogen and oxygen atoms in total. The number of hydrogen-bond donors (Lipinski definition) is 2. The summed E-state index contributed by atoms with van der Waals surface area (Å²) in [5, 5.41) is 88.6. The Labute approximate surface area is 769 Å². The van der Waals surface area contributed by atoms with E-state index >= 15 is 0 Å². The first-order valence-corrected chi connectivity index (χ1v) is 40.1. The third kappa shape index (κ3) is 108. The van der Waals surface area contributed by atoms with Crippen molar-refractivity contribution in [2.24, 2.45) is 0 Å². The van der Waals surface area contributed by atoms with Gasteiger partial charge in [0.25, 0.3) is 0 Å². The molecule has 24 rings (SSSR count). The fraction of sp³-hybridized carbons (Fsp3) is 0.0274. The second-order valence-electron chi connectivity index (χ2n) is 17.5. The topological polar surface area (TPSA) is 652 Å². The number of pyridine rings is 1. The highest BCUT2D eigenvalue weighted by Gasteiger charge is 1.72. The molecule has 57 heteroatoms. The van der Waals surface area contributed by atoms with Gasteiger partial charge >= 0.3 is 0 Å². The molecule has 0 fully saturated rings. The van der Waals surface area contributed by atoms with E-state index in [-0.39, 0.29) is 14.9 Å². The summed E-state index contributed by atoms with van der Waals surface area (Å²) in [5.74, 6) is 0. The van der Waals surface area contributed by atoms with E-state index in [1.54, 1.807) is 199 Å². The second kappa shape index (κ2) is 111. The molecule has 0 aliphatic rings. The highest BCUT2D eigenvalue weighted by atomic mass is 32.1. The van der Waals surface area contributed by atoms with E-state index in [1.165, 1.54) is 190 Å². The Kier molecular flexibility index (Phi) is 97.9. The molecule has 672 valence electrons. The number of furan rings is 1. The summed E-state index contributed by atoms with van der Waals surface area (Å²) in [6, 6.07) is 36.2. The first-order valence-electron chi connectivity index (χ1n) is 34.0. The Hall–Kier alpha value is -17.7. The van der Waals surface area contributed by atoms with Crippen molar-refractivity contribution in [3.63, 3.8) is 0 Å². The molecule has 0 saturated carbocycles. The standard InChI is InChI=1S/C6H6.C5H5N.3C4H4N2.C4H4O.C4H4S.3C3H3N3.2C3H3NO.2C3H3NS.C2H3N3.4C2H2N2O.4C2H2N2S.CH2N4.2CH4/c2*1-2-4-6-5-3-1;1-2-6-4-3-5-1;1-2-5-4-6-3-1;1-2-4-6-5-3-1;2*1-2-4-5-3-1;1-4-2-6-3-5-1;1-2-5-6-3-4-1;1-2-4-6-5-3-1;1-2-5-3-4-1;1-2-4-5-3-1;1-2-5-3-4-1;1-2-4-5-3-1;1-3-2-5-4-1;1-3-4-2-5-1;1-3-2-5-4-1;1-2-5-4-3-1;1-2-4-5-3-1;1-3-4-2-5-1;1-3-2-5-4-1;1-2-5-4-3-1;2*1-2-4-5-3-1;;/h1-6H;1-5H;3*1-4H;2*1-4H;3*1-3H;4*1-3H;1-2H,(H,3,4,5);8*1-2H;1H,(H,2,3,4,5);2*1H4. The molecule has 0 aliphatic carbocycles. The van der Waals surface area contributed by atoms with E-state index in [9.17, 15) is 0 Å². The van der Waals surface area contributed by atoms with E-state index < -0.39 is 0 Å². The Morgan fingerprint density at radius 1 is 0.238 bits per heavy atom. The zero-order valence-electron chi connectivity index (χ0n) is 66.0. The fourth-order valence-corrected chi connectivity index (χ4v) is 6.86. The highest BCUT2D eigenvalue weighted by molar-refractivity contribution is 7.08. The van der Waals surface area contributed by atoms with Crippen molar-refractivity contribution in [3.8, 4) is 0 Å². The molecular weight excluding hydrogens is 1820 g/mol. The van der Waals surface area contributed by atoms with Gasteiger partial charge in [-0.2, -0.15) is 50.1 Å². The molecule has 2 N–H and O–H groups in total. The summed E-state index contributed by atoms with van der Waals surface area (Å²) in [6.07, 6.45) is 66.2. The van der Waals surface area contributed by atoms with Gasteiger partial charge in [-0.05, 0) is 111 Å². The summed E-state index contributed by atoms with van der Waals surface area (Å²) >= 11 is 10.2. The predicted molar refractivity (Wildman–Crippen MR) is 477 cm³/mol. The third-order valence-corrected chi connectivity index (χ3v) is 12.4. The number of aromatic amines is 2. The van der Waals surface area contributed by atoms with Crippen molar-refractivity contribution >= 4 is 80.3 Å². The van der Waals surface area contributed by atoms with Gasteiger partial charge in [0, 0.05) is 102 Å². The number of benzene rings is 1. The number of thiophene rings is 1. The summed E-state index contributed by atoms with van der Waals surface area (Å²) in [4.78, 5) is 50.8. The van der Waals surface area contributed by atoms with Gasteiger partial charge in [0.2, 0.25) is 19.2 Å². The normalized spacial score (nSPS) is 7.88. The van der Waals surface area contributed by atoms with Crippen LogP contribution in [0.25, 0.3) is 0 Å². The first kappa shape index (κ1) is 114. The number of nitrogens with one attached hydrogen (secondary N) is 2. The lowest BCUT2D eigenvalue weighted by Crippen LogP contribution is -1.78. The summed E-state index contributed by atoms with van der Waals surface area (Å²) < 4.78 is 48.5. The van der Waals surface area contributed by atoms with Crippen LogP contribution in [-0.4, -0.2) is 215 Å². The van der Waals surface area contributed by atoms with Crippen molar-refractivity contribution in [2.75, 3.05) is 0 Å². The van der Waals surface area contributed by atoms with Crippen molar-refractivity contribution in [2.45, 2.75) is 14.9 Å². The van der Waals surface area contributed by atoms with E-state index in [2.05, 4.69) is 246 Å². The molecule has 1 aromatic carbocycles. The van der Waals surface area contributed by atoms with E-state index in [0.717, 1.165) is 0 Å². The SMILES string of the molecule is C.C.c1ccccc1.c1ccncc1.c1ccnnc1.c1ccoc1.c1ccsc1.c1cnccn1.c1cncnc1.c1cnncn1.c1cnnnc1.c1cnoc1.c1cnon1.c1cnsc1.c1cnsn1.c1cocn1.c1conn1.c1cscn1.c1csnn1.c1nc[nH]n1.c1ncncn1.c1ncon1.c1ncsn1.c1nn[nH]n1.c1nnco1.c1nncs1. The lowest BCUT2D eigenvalue weighted by atomic mass is 10.4. The van der Waals surface area contributed by atoms with Crippen molar-refractivity contribution in [3.05, 3.63) is 433 Å². The average molecular weight is 1900 g/mol. The molecule has 0 aliphatic heterocycles. The molecule has 0 spiro atoms. The predicted octanol–water partition coefficient (Wildman–Crippen LogP) is 13.2. The van der Waals surface area contributed by atoms with Crippen molar-refractivity contribution in [1.29, 1.82) is 0 Å². The van der Waals surface area contributed by atoms with E-state index in [0.29, 0.717) is 0 Å². The average Bonchev–Trinajstić information content (AvgIpc) is 2.08. The molecular formula is C73H81N43O7S7. The molecule has 24 aromatic rings.